The molecule has 5 heteroatoms. The van der Waals surface area contributed by atoms with E-state index in [1.807, 2.05) is 12.2 Å². The average molecular weight is 205 g/mol. The minimum atomic E-state index is -0.461. The van der Waals surface area contributed by atoms with Gasteiger partial charge in [0.05, 0.1) is 11.8 Å². The molecule has 4 atom stereocenters. The second-order valence-corrected chi connectivity index (χ2v) is 4.00. The summed E-state index contributed by atoms with van der Waals surface area (Å²) in [7, 11) is 0. The van der Waals surface area contributed by atoms with Gasteiger partial charge in [0.25, 0.3) is 0 Å². The molecule has 3 N–H and O–H groups in total. The minimum absolute atomic E-state index is 0.0563. The number of hydrogen-bond acceptors (Lipinski definition) is 3. The van der Waals surface area contributed by atoms with Crippen LogP contribution in [0.5, 0.6) is 0 Å². The van der Waals surface area contributed by atoms with Crippen LogP contribution in [0, 0.1) is 35.1 Å². The molecular weight excluding hydrogens is 194 g/mol. The minimum Gasteiger partial charge on any atom is -0.369 e. The quantitative estimate of drug-likeness (QED) is 0.361. The summed E-state index contributed by atoms with van der Waals surface area (Å²) in [5.41, 5.74) is 5.27. The van der Waals surface area contributed by atoms with Crippen LogP contribution in [0.3, 0.4) is 0 Å². The van der Waals surface area contributed by atoms with E-state index < -0.39 is 23.7 Å². The van der Waals surface area contributed by atoms with E-state index in [9.17, 15) is 9.59 Å². The molecule has 0 radical (unpaired) electrons. The van der Waals surface area contributed by atoms with Crippen molar-refractivity contribution >= 4 is 11.8 Å². The largest absolute Gasteiger partial charge is 0.369 e. The van der Waals surface area contributed by atoms with Gasteiger partial charge in [-0.05, 0) is 18.3 Å². The number of allylic oxidation sites excluding steroid dienone is 2. The van der Waals surface area contributed by atoms with Crippen molar-refractivity contribution in [3.05, 3.63) is 12.2 Å². The predicted octanol–water partition coefficient (Wildman–Crippen LogP) is -0.493. The fourth-order valence-electron chi connectivity index (χ4n) is 2.71. The molecule has 0 saturated heterocycles. The fourth-order valence-corrected chi connectivity index (χ4v) is 2.71. The topological polar surface area (TPSA) is 96.0 Å². The van der Waals surface area contributed by atoms with Crippen molar-refractivity contribution in [2.75, 3.05) is 0 Å². The van der Waals surface area contributed by atoms with Crippen LogP contribution < -0.4 is 11.1 Å². The summed E-state index contributed by atoms with van der Waals surface area (Å²) < 4.78 is 0. The summed E-state index contributed by atoms with van der Waals surface area (Å²) in [6.07, 6.45) is 6.25. The Kier molecular flexibility index (Phi) is 2.19. The number of carbonyl (C=O) groups is 2. The van der Waals surface area contributed by atoms with Crippen LogP contribution in [0.4, 0.5) is 0 Å². The number of primary amides is 1. The second kappa shape index (κ2) is 3.39. The molecule has 1 fully saturated rings. The van der Waals surface area contributed by atoms with E-state index in [1.54, 1.807) is 6.19 Å². The lowest BCUT2D eigenvalue weighted by molar-refractivity contribution is -0.133. The Labute approximate surface area is 86.9 Å². The Hall–Kier alpha value is -1.83. The van der Waals surface area contributed by atoms with Crippen LogP contribution in [0.2, 0.25) is 0 Å². The molecule has 0 heterocycles. The van der Waals surface area contributed by atoms with Gasteiger partial charge in [-0.25, -0.2) is 0 Å². The molecule has 0 spiro atoms. The highest BCUT2D eigenvalue weighted by molar-refractivity contribution is 5.89. The first-order valence-electron chi connectivity index (χ1n) is 4.81. The summed E-state index contributed by atoms with van der Waals surface area (Å²) in [6, 6.07) is 0. The van der Waals surface area contributed by atoms with Crippen LogP contribution in [-0.2, 0) is 9.59 Å². The van der Waals surface area contributed by atoms with Crippen molar-refractivity contribution in [3.63, 3.8) is 0 Å². The Morgan fingerprint density at radius 1 is 1.33 bits per heavy atom. The number of carbonyl (C=O) groups excluding carboxylic acids is 2. The van der Waals surface area contributed by atoms with Gasteiger partial charge in [0, 0.05) is 0 Å². The second-order valence-electron chi connectivity index (χ2n) is 4.00. The molecule has 15 heavy (non-hydrogen) atoms. The number of hydrogen-bond donors (Lipinski definition) is 2. The summed E-state index contributed by atoms with van der Waals surface area (Å²) in [5, 5.41) is 10.5. The molecule has 2 aliphatic carbocycles. The molecule has 4 unspecified atom stereocenters. The zero-order valence-corrected chi connectivity index (χ0v) is 8.01. The predicted molar refractivity (Wildman–Crippen MR) is 50.7 cm³/mol. The molecule has 0 aromatic heterocycles. The van der Waals surface area contributed by atoms with Gasteiger partial charge in [0.1, 0.15) is 0 Å². The van der Waals surface area contributed by atoms with Gasteiger partial charge in [-0.15, -0.1) is 0 Å². The monoisotopic (exact) mass is 205 g/mol. The summed E-state index contributed by atoms with van der Waals surface area (Å²) >= 11 is 0. The van der Waals surface area contributed by atoms with Crippen molar-refractivity contribution in [1.82, 2.24) is 5.32 Å². The summed E-state index contributed by atoms with van der Waals surface area (Å²) in [6.45, 7) is 0. The smallest absolute Gasteiger partial charge is 0.237 e. The normalized spacial score (nSPS) is 36.2. The first kappa shape index (κ1) is 9.71. The third-order valence-corrected chi connectivity index (χ3v) is 3.27. The van der Waals surface area contributed by atoms with Crippen LogP contribution >= 0.6 is 0 Å². The van der Waals surface area contributed by atoms with Gasteiger partial charge in [-0.3, -0.25) is 14.9 Å². The highest BCUT2D eigenvalue weighted by atomic mass is 16.2. The lowest BCUT2D eigenvalue weighted by atomic mass is 9.82. The van der Waals surface area contributed by atoms with Crippen LogP contribution in [0.1, 0.15) is 6.42 Å². The molecule has 2 rings (SSSR count). The number of nitrogens with zero attached hydrogens (tertiary/aromatic N) is 1. The number of amides is 2. The Bertz CT molecular complexity index is 383. The van der Waals surface area contributed by atoms with Gasteiger partial charge in [-0.1, -0.05) is 12.2 Å². The Morgan fingerprint density at radius 2 is 1.93 bits per heavy atom. The summed E-state index contributed by atoms with van der Waals surface area (Å²) in [4.78, 5) is 22.8. The number of nitrogens with two attached hydrogens (primary N) is 1. The molecule has 5 nitrogen and oxygen atoms in total. The molecule has 78 valence electrons. The number of fused-ring (bicyclic) bond motifs is 2. The fraction of sp³-hybridized carbons (Fsp3) is 0.500. The molecule has 2 aliphatic rings. The molecule has 0 aliphatic heterocycles. The standard InChI is InChI=1S/C10H11N3O2/c11-4-13-10(15)8-6-2-1-5(3-6)7(8)9(12)14/h1-2,5-8H,3H2,(H2,12,14)(H,13,15). The maximum Gasteiger partial charge on any atom is 0.237 e. The van der Waals surface area contributed by atoms with E-state index in [4.69, 9.17) is 11.0 Å². The van der Waals surface area contributed by atoms with E-state index in [-0.39, 0.29) is 11.8 Å². The highest BCUT2D eigenvalue weighted by Crippen LogP contribution is 2.47. The average Bonchev–Trinajstić information content (AvgIpc) is 2.76. The lowest BCUT2D eigenvalue weighted by Crippen LogP contribution is -2.41. The van der Waals surface area contributed by atoms with Crippen molar-refractivity contribution in [3.8, 4) is 6.19 Å². The molecule has 2 bridgehead atoms. The zero-order chi connectivity index (χ0) is 11.0. The van der Waals surface area contributed by atoms with Crippen LogP contribution in [0.25, 0.3) is 0 Å². The van der Waals surface area contributed by atoms with Crippen molar-refractivity contribution in [2.24, 2.45) is 29.4 Å². The first-order chi connectivity index (χ1) is 7.15. The van der Waals surface area contributed by atoms with E-state index in [1.165, 1.54) is 0 Å². The first-order valence-corrected chi connectivity index (χ1v) is 4.81. The SMILES string of the molecule is N#CNC(=O)C1C2C=CC(C2)C1C(N)=O. The van der Waals surface area contributed by atoms with E-state index in [0.29, 0.717) is 0 Å². The lowest BCUT2D eigenvalue weighted by Gasteiger charge is -2.23. The maximum atomic E-state index is 11.6. The molecule has 1 saturated carbocycles. The van der Waals surface area contributed by atoms with Crippen LogP contribution in [-0.4, -0.2) is 11.8 Å². The molecule has 0 aromatic carbocycles. The van der Waals surface area contributed by atoms with E-state index in [0.717, 1.165) is 6.42 Å². The molecular formula is C10H11N3O2. The van der Waals surface area contributed by atoms with E-state index in [2.05, 4.69) is 5.32 Å². The third-order valence-electron chi connectivity index (χ3n) is 3.27. The number of nitrogens with one attached hydrogen (secondary N) is 1. The molecule has 2 amide bonds. The number of rotatable bonds is 2. The zero-order valence-electron chi connectivity index (χ0n) is 8.01. The van der Waals surface area contributed by atoms with Crippen molar-refractivity contribution in [1.29, 1.82) is 5.26 Å². The van der Waals surface area contributed by atoms with Crippen molar-refractivity contribution < 1.29 is 9.59 Å². The molecule has 0 aromatic rings. The Balaban J connectivity index is 2.23. The van der Waals surface area contributed by atoms with Crippen LogP contribution in [0.15, 0.2) is 12.2 Å². The van der Waals surface area contributed by atoms with Gasteiger partial charge in [0.15, 0.2) is 6.19 Å². The summed E-state index contributed by atoms with van der Waals surface area (Å²) in [5.74, 6) is -1.63. The van der Waals surface area contributed by atoms with Gasteiger partial charge in [0.2, 0.25) is 11.8 Å². The van der Waals surface area contributed by atoms with Gasteiger partial charge in [-0.2, -0.15) is 5.26 Å². The van der Waals surface area contributed by atoms with Gasteiger partial charge >= 0.3 is 0 Å². The van der Waals surface area contributed by atoms with E-state index >= 15 is 0 Å². The highest BCUT2D eigenvalue weighted by Gasteiger charge is 2.50. The maximum absolute atomic E-state index is 11.6. The number of nitriles is 1. The third kappa shape index (κ3) is 1.38. The van der Waals surface area contributed by atoms with Gasteiger partial charge < -0.3 is 5.73 Å². The van der Waals surface area contributed by atoms with Crippen molar-refractivity contribution in [2.45, 2.75) is 6.42 Å². The Morgan fingerprint density at radius 3 is 2.47 bits per heavy atom.